The van der Waals surface area contributed by atoms with Crippen LogP contribution in [0.25, 0.3) is 11.3 Å². The average molecular weight is 565 g/mol. The molecule has 0 unspecified atom stereocenters. The Balaban J connectivity index is 1.22. The van der Waals surface area contributed by atoms with E-state index < -0.39 is 16.1 Å². The van der Waals surface area contributed by atoms with E-state index in [2.05, 4.69) is 15.3 Å². The Kier molecular flexibility index (Phi) is 8.10. The third kappa shape index (κ3) is 6.14. The third-order valence-corrected chi connectivity index (χ3v) is 9.18. The maximum Gasteiger partial charge on any atom is 0.253 e. The number of hydrogen-bond donors (Lipinski definition) is 2. The van der Waals surface area contributed by atoms with Crippen LogP contribution in [0.1, 0.15) is 30.1 Å². The predicted octanol–water partition coefficient (Wildman–Crippen LogP) is 2.34. The normalized spacial score (nSPS) is 17.1. The van der Waals surface area contributed by atoms with Gasteiger partial charge in [0.1, 0.15) is 0 Å². The summed E-state index contributed by atoms with van der Waals surface area (Å²) in [6, 6.07) is 15.4. The van der Waals surface area contributed by atoms with Crippen molar-refractivity contribution in [2.45, 2.75) is 30.8 Å². The summed E-state index contributed by atoms with van der Waals surface area (Å²) >= 11 is 0. The van der Waals surface area contributed by atoms with Crippen LogP contribution in [0.2, 0.25) is 0 Å². The van der Waals surface area contributed by atoms with Gasteiger partial charge in [-0.3, -0.25) is 9.59 Å². The minimum atomic E-state index is -3.62. The first-order valence-electron chi connectivity index (χ1n) is 13.2. The van der Waals surface area contributed by atoms with Crippen LogP contribution in [-0.2, 0) is 14.8 Å². The van der Waals surface area contributed by atoms with E-state index in [0.29, 0.717) is 75.0 Å². The third-order valence-electron chi connectivity index (χ3n) is 7.27. The van der Waals surface area contributed by atoms with Crippen molar-refractivity contribution in [3.63, 3.8) is 0 Å². The molecule has 2 aliphatic rings. The topological polar surface area (TPSA) is 136 Å². The molecule has 2 saturated heterocycles. The number of anilines is 2. The molecule has 2 N–H and O–H groups in total. The first-order chi connectivity index (χ1) is 19.2. The number of nitrogens with zero attached hydrogens (tertiary/aromatic N) is 5. The summed E-state index contributed by atoms with van der Waals surface area (Å²) in [6.45, 7) is 4.24. The first-order valence-corrected chi connectivity index (χ1v) is 14.7. The van der Waals surface area contributed by atoms with Crippen LogP contribution in [0, 0.1) is 0 Å². The zero-order chi connectivity index (χ0) is 28.3. The number of aliphatic hydroxyl groups excluding tert-OH is 1. The summed E-state index contributed by atoms with van der Waals surface area (Å²) in [5.41, 5.74) is 2.64. The molecule has 3 aromatic rings. The van der Waals surface area contributed by atoms with Gasteiger partial charge in [0.05, 0.1) is 16.7 Å². The molecule has 40 heavy (non-hydrogen) atoms. The molecule has 3 heterocycles. The van der Waals surface area contributed by atoms with Crippen LogP contribution in [-0.4, -0.2) is 94.8 Å². The van der Waals surface area contributed by atoms with Gasteiger partial charge in [0.15, 0.2) is 0 Å². The molecular weight excluding hydrogens is 532 g/mol. The second kappa shape index (κ2) is 11.7. The number of carbonyl (C=O) groups excluding carboxylic acids is 2. The molecule has 210 valence electrons. The van der Waals surface area contributed by atoms with Crippen LogP contribution in [0.15, 0.2) is 65.7 Å². The molecule has 0 atom stereocenters. The Bertz CT molecular complexity index is 1460. The number of benzene rings is 2. The molecule has 2 fully saturated rings. The van der Waals surface area contributed by atoms with Gasteiger partial charge in [-0.1, -0.05) is 12.1 Å². The Morgan fingerprint density at radius 3 is 2.12 bits per heavy atom. The molecule has 2 amide bonds. The van der Waals surface area contributed by atoms with Gasteiger partial charge in [-0.25, -0.2) is 18.4 Å². The number of aromatic nitrogens is 2. The standard InChI is InChI=1S/C28H32N6O5S/c1-20(35)32-16-18-33(19-17-32)27(37)22-2-6-23(7-3-22)30-28-29-13-10-26(31-28)21-4-8-25(9-5-21)40(38,39)34-14-11-24(36)12-15-34/h2-10,13,24,36H,11-12,14-19H2,1H3,(H,29,30,31). The van der Waals surface area contributed by atoms with E-state index in [1.165, 1.54) is 11.2 Å². The van der Waals surface area contributed by atoms with Crippen molar-refractivity contribution < 1.29 is 23.1 Å². The highest BCUT2D eigenvalue weighted by molar-refractivity contribution is 7.89. The van der Waals surface area contributed by atoms with E-state index in [9.17, 15) is 23.1 Å². The van der Waals surface area contributed by atoms with Gasteiger partial charge >= 0.3 is 0 Å². The largest absolute Gasteiger partial charge is 0.393 e. The van der Waals surface area contributed by atoms with Gasteiger partial charge in [-0.05, 0) is 55.3 Å². The second-order valence-electron chi connectivity index (χ2n) is 9.93. The Labute approximate surface area is 233 Å². The van der Waals surface area contributed by atoms with Crippen molar-refractivity contribution >= 4 is 33.5 Å². The number of hydrogen-bond acceptors (Lipinski definition) is 8. The fourth-order valence-corrected chi connectivity index (χ4v) is 6.31. The second-order valence-corrected chi connectivity index (χ2v) is 11.9. The quantitative estimate of drug-likeness (QED) is 0.466. The first kappa shape index (κ1) is 27.7. The molecule has 0 aliphatic carbocycles. The summed E-state index contributed by atoms with van der Waals surface area (Å²) in [6.07, 6.45) is 2.04. The lowest BCUT2D eigenvalue weighted by Gasteiger charge is -2.34. The summed E-state index contributed by atoms with van der Waals surface area (Å²) in [5.74, 6) is 0.311. The summed E-state index contributed by atoms with van der Waals surface area (Å²) in [7, 11) is -3.62. The molecule has 5 rings (SSSR count). The predicted molar refractivity (Wildman–Crippen MR) is 149 cm³/mol. The minimum absolute atomic E-state index is 0.0221. The lowest BCUT2D eigenvalue weighted by molar-refractivity contribution is -0.130. The number of piperazine rings is 1. The smallest absolute Gasteiger partial charge is 0.253 e. The molecule has 0 radical (unpaired) electrons. The van der Waals surface area contributed by atoms with E-state index in [1.807, 2.05) is 0 Å². The van der Waals surface area contributed by atoms with Gasteiger partial charge in [-0.15, -0.1) is 0 Å². The molecule has 11 nitrogen and oxygen atoms in total. The zero-order valence-corrected chi connectivity index (χ0v) is 23.0. The minimum Gasteiger partial charge on any atom is -0.393 e. The summed E-state index contributed by atoms with van der Waals surface area (Å²) in [4.78, 5) is 36.9. The number of amides is 2. The van der Waals surface area contributed by atoms with Gasteiger partial charge in [0.2, 0.25) is 21.9 Å². The van der Waals surface area contributed by atoms with E-state index in [4.69, 9.17) is 0 Å². The maximum absolute atomic E-state index is 13.0. The summed E-state index contributed by atoms with van der Waals surface area (Å²) < 4.78 is 27.3. The van der Waals surface area contributed by atoms with Crippen LogP contribution in [0.4, 0.5) is 11.6 Å². The molecular formula is C28H32N6O5S. The summed E-state index contributed by atoms with van der Waals surface area (Å²) in [5, 5.41) is 12.8. The van der Waals surface area contributed by atoms with Crippen molar-refractivity contribution in [3.8, 4) is 11.3 Å². The Morgan fingerprint density at radius 1 is 0.875 bits per heavy atom. The maximum atomic E-state index is 13.0. The SMILES string of the molecule is CC(=O)N1CCN(C(=O)c2ccc(Nc3nccc(-c4ccc(S(=O)(=O)N5CCC(O)CC5)cc4)n3)cc2)CC1. The number of aliphatic hydroxyl groups is 1. The molecule has 2 aromatic carbocycles. The Hall–Kier alpha value is -3.87. The fraction of sp³-hybridized carbons (Fsp3) is 0.357. The number of piperidine rings is 1. The molecule has 0 spiro atoms. The van der Waals surface area contributed by atoms with E-state index >= 15 is 0 Å². The molecule has 2 aliphatic heterocycles. The van der Waals surface area contributed by atoms with Gasteiger partial charge in [0.25, 0.3) is 5.91 Å². The Morgan fingerprint density at radius 2 is 1.50 bits per heavy atom. The van der Waals surface area contributed by atoms with Crippen LogP contribution in [0.3, 0.4) is 0 Å². The van der Waals surface area contributed by atoms with Crippen LogP contribution < -0.4 is 5.32 Å². The van der Waals surface area contributed by atoms with E-state index in [1.54, 1.807) is 70.6 Å². The van der Waals surface area contributed by atoms with Gasteiger partial charge in [0, 0.05) is 69.2 Å². The number of rotatable bonds is 6. The molecule has 12 heteroatoms. The van der Waals surface area contributed by atoms with Crippen molar-refractivity contribution in [2.24, 2.45) is 0 Å². The van der Waals surface area contributed by atoms with E-state index in [0.717, 1.165) is 5.56 Å². The van der Waals surface area contributed by atoms with Crippen LogP contribution >= 0.6 is 0 Å². The van der Waals surface area contributed by atoms with Gasteiger partial charge in [-0.2, -0.15) is 4.31 Å². The van der Waals surface area contributed by atoms with Gasteiger partial charge < -0.3 is 20.2 Å². The van der Waals surface area contributed by atoms with Crippen LogP contribution in [0.5, 0.6) is 0 Å². The monoisotopic (exact) mass is 564 g/mol. The number of nitrogens with one attached hydrogen (secondary N) is 1. The number of sulfonamides is 1. The molecule has 0 saturated carbocycles. The highest BCUT2D eigenvalue weighted by Gasteiger charge is 2.28. The molecule has 1 aromatic heterocycles. The van der Waals surface area contributed by atoms with Crippen molar-refractivity contribution in [1.29, 1.82) is 0 Å². The zero-order valence-electron chi connectivity index (χ0n) is 22.2. The van der Waals surface area contributed by atoms with Crippen molar-refractivity contribution in [1.82, 2.24) is 24.1 Å². The number of carbonyl (C=O) groups is 2. The van der Waals surface area contributed by atoms with Crippen molar-refractivity contribution in [2.75, 3.05) is 44.6 Å². The fourth-order valence-electron chi connectivity index (χ4n) is 4.84. The molecule has 0 bridgehead atoms. The highest BCUT2D eigenvalue weighted by Crippen LogP contribution is 2.25. The average Bonchev–Trinajstić information content (AvgIpc) is 2.98. The lowest BCUT2D eigenvalue weighted by atomic mass is 10.1. The highest BCUT2D eigenvalue weighted by atomic mass is 32.2. The lowest BCUT2D eigenvalue weighted by Crippen LogP contribution is -2.50. The van der Waals surface area contributed by atoms with Crippen molar-refractivity contribution in [3.05, 3.63) is 66.4 Å². The van der Waals surface area contributed by atoms with E-state index in [-0.39, 0.29) is 16.7 Å².